The zero-order valence-corrected chi connectivity index (χ0v) is 11.8. The molecule has 0 spiro atoms. The Morgan fingerprint density at radius 2 is 1.84 bits per heavy atom. The largest absolute Gasteiger partial charge is 0.481 e. The number of rotatable bonds is 3. The molecule has 1 aliphatic heterocycles. The highest BCUT2D eigenvalue weighted by Crippen LogP contribution is 2.31. The second kappa shape index (κ2) is 5.80. The van der Waals surface area contributed by atoms with E-state index in [0.717, 1.165) is 32.4 Å². The van der Waals surface area contributed by atoms with Crippen LogP contribution < -0.4 is 5.32 Å². The van der Waals surface area contributed by atoms with Crippen LogP contribution in [0.5, 0.6) is 0 Å². The third-order valence-corrected chi connectivity index (χ3v) is 4.77. The van der Waals surface area contributed by atoms with Crippen molar-refractivity contribution in [1.29, 1.82) is 0 Å². The molecule has 108 valence electrons. The predicted octanol–water partition coefficient (Wildman–Crippen LogP) is 1.78. The minimum Gasteiger partial charge on any atom is -0.481 e. The SMILES string of the molecule is CC1CN(C(=O)NCC2CCCC2C(=O)O)CC1C. The fourth-order valence-electron chi connectivity index (χ4n) is 3.23. The van der Waals surface area contributed by atoms with E-state index in [1.54, 1.807) is 0 Å². The average molecular weight is 268 g/mol. The van der Waals surface area contributed by atoms with Crippen molar-refractivity contribution in [3.8, 4) is 0 Å². The van der Waals surface area contributed by atoms with Gasteiger partial charge in [-0.05, 0) is 30.6 Å². The molecule has 5 nitrogen and oxygen atoms in total. The van der Waals surface area contributed by atoms with Crippen molar-refractivity contribution in [2.45, 2.75) is 33.1 Å². The van der Waals surface area contributed by atoms with Gasteiger partial charge >= 0.3 is 12.0 Å². The molecule has 1 heterocycles. The van der Waals surface area contributed by atoms with Crippen LogP contribution in [0.1, 0.15) is 33.1 Å². The number of hydrogen-bond acceptors (Lipinski definition) is 2. The molecule has 0 radical (unpaired) electrons. The lowest BCUT2D eigenvalue weighted by Gasteiger charge is -2.20. The summed E-state index contributed by atoms with van der Waals surface area (Å²) in [5.74, 6) is 0.184. The van der Waals surface area contributed by atoms with Crippen molar-refractivity contribution >= 4 is 12.0 Å². The maximum atomic E-state index is 12.0. The third kappa shape index (κ3) is 3.19. The zero-order valence-electron chi connectivity index (χ0n) is 11.8. The van der Waals surface area contributed by atoms with E-state index in [1.807, 2.05) is 4.90 Å². The van der Waals surface area contributed by atoms with Crippen molar-refractivity contribution < 1.29 is 14.7 Å². The van der Waals surface area contributed by atoms with Crippen LogP contribution in [-0.2, 0) is 4.79 Å². The van der Waals surface area contributed by atoms with Crippen LogP contribution in [0.3, 0.4) is 0 Å². The van der Waals surface area contributed by atoms with Gasteiger partial charge in [0, 0.05) is 19.6 Å². The molecule has 4 atom stereocenters. The third-order valence-electron chi connectivity index (χ3n) is 4.77. The Morgan fingerprint density at radius 1 is 1.21 bits per heavy atom. The Kier molecular flexibility index (Phi) is 4.32. The van der Waals surface area contributed by atoms with Crippen molar-refractivity contribution in [3.05, 3.63) is 0 Å². The number of nitrogens with one attached hydrogen (secondary N) is 1. The molecule has 2 amide bonds. The number of amides is 2. The van der Waals surface area contributed by atoms with Gasteiger partial charge in [-0.25, -0.2) is 4.79 Å². The van der Waals surface area contributed by atoms with Gasteiger partial charge in [0.05, 0.1) is 5.92 Å². The quantitative estimate of drug-likeness (QED) is 0.819. The lowest BCUT2D eigenvalue weighted by Crippen LogP contribution is -2.41. The highest BCUT2D eigenvalue weighted by atomic mass is 16.4. The van der Waals surface area contributed by atoms with Crippen LogP contribution in [0.4, 0.5) is 4.79 Å². The highest BCUT2D eigenvalue weighted by molar-refractivity contribution is 5.75. The Hall–Kier alpha value is -1.26. The maximum absolute atomic E-state index is 12.0. The summed E-state index contributed by atoms with van der Waals surface area (Å²) in [5, 5.41) is 12.0. The van der Waals surface area contributed by atoms with Gasteiger partial charge in [-0.2, -0.15) is 0 Å². The van der Waals surface area contributed by atoms with Gasteiger partial charge in [-0.1, -0.05) is 20.3 Å². The van der Waals surface area contributed by atoms with E-state index in [2.05, 4.69) is 19.2 Å². The molecular formula is C14H24N2O3. The molecule has 0 aromatic heterocycles. The second-order valence-corrected chi connectivity index (χ2v) is 6.18. The number of likely N-dealkylation sites (tertiary alicyclic amines) is 1. The number of hydrogen-bond donors (Lipinski definition) is 2. The van der Waals surface area contributed by atoms with Crippen molar-refractivity contribution in [3.63, 3.8) is 0 Å². The van der Waals surface area contributed by atoms with Crippen LogP contribution in [-0.4, -0.2) is 41.6 Å². The predicted molar refractivity (Wildman–Crippen MR) is 71.8 cm³/mol. The van der Waals surface area contributed by atoms with Crippen LogP contribution in [0.25, 0.3) is 0 Å². The number of urea groups is 1. The van der Waals surface area contributed by atoms with Crippen molar-refractivity contribution in [1.82, 2.24) is 10.2 Å². The summed E-state index contributed by atoms with van der Waals surface area (Å²) in [6.07, 6.45) is 2.60. The summed E-state index contributed by atoms with van der Waals surface area (Å²) >= 11 is 0. The van der Waals surface area contributed by atoms with E-state index in [1.165, 1.54) is 0 Å². The van der Waals surface area contributed by atoms with Gasteiger partial charge in [0.1, 0.15) is 0 Å². The first-order valence-electron chi connectivity index (χ1n) is 7.24. The Balaban J connectivity index is 1.79. The van der Waals surface area contributed by atoms with E-state index in [-0.39, 0.29) is 17.9 Å². The minimum atomic E-state index is -0.722. The van der Waals surface area contributed by atoms with Gasteiger partial charge in [-0.15, -0.1) is 0 Å². The molecular weight excluding hydrogens is 244 g/mol. The van der Waals surface area contributed by atoms with Gasteiger partial charge < -0.3 is 15.3 Å². The highest BCUT2D eigenvalue weighted by Gasteiger charge is 2.34. The number of aliphatic carboxylic acids is 1. The first kappa shape index (κ1) is 14.2. The molecule has 2 fully saturated rings. The van der Waals surface area contributed by atoms with Crippen molar-refractivity contribution in [2.75, 3.05) is 19.6 Å². The van der Waals surface area contributed by atoms with E-state index in [4.69, 9.17) is 5.11 Å². The number of carbonyl (C=O) groups excluding carboxylic acids is 1. The van der Waals surface area contributed by atoms with Crippen molar-refractivity contribution in [2.24, 2.45) is 23.7 Å². The minimum absolute atomic E-state index is 0.0350. The normalized spacial score (nSPS) is 34.5. The Bertz CT molecular complexity index is 349. The molecule has 0 bridgehead atoms. The second-order valence-electron chi connectivity index (χ2n) is 6.18. The molecule has 0 aromatic rings. The summed E-state index contributed by atoms with van der Waals surface area (Å²) in [7, 11) is 0. The summed E-state index contributed by atoms with van der Waals surface area (Å²) < 4.78 is 0. The molecule has 2 aliphatic rings. The topological polar surface area (TPSA) is 69.6 Å². The van der Waals surface area contributed by atoms with Gasteiger partial charge in [-0.3, -0.25) is 4.79 Å². The molecule has 0 aromatic carbocycles. The number of carboxylic acids is 1. The summed E-state index contributed by atoms with van der Waals surface area (Å²) in [6.45, 7) is 6.43. The summed E-state index contributed by atoms with van der Waals surface area (Å²) in [4.78, 5) is 25.0. The molecule has 5 heteroatoms. The number of carbonyl (C=O) groups is 2. The Morgan fingerprint density at radius 3 is 2.42 bits per heavy atom. The number of nitrogens with zero attached hydrogens (tertiary/aromatic N) is 1. The summed E-state index contributed by atoms with van der Waals surface area (Å²) in [5.41, 5.74) is 0. The van der Waals surface area contributed by atoms with Crippen LogP contribution >= 0.6 is 0 Å². The van der Waals surface area contributed by atoms with E-state index in [9.17, 15) is 9.59 Å². The van der Waals surface area contributed by atoms with Crippen LogP contribution in [0, 0.1) is 23.7 Å². The maximum Gasteiger partial charge on any atom is 0.317 e. The van der Waals surface area contributed by atoms with Gasteiger partial charge in [0.2, 0.25) is 0 Å². The van der Waals surface area contributed by atoms with Crippen LogP contribution in [0.15, 0.2) is 0 Å². The van der Waals surface area contributed by atoms with E-state index >= 15 is 0 Å². The van der Waals surface area contributed by atoms with E-state index in [0.29, 0.717) is 18.4 Å². The molecule has 1 saturated carbocycles. The average Bonchev–Trinajstić information content (AvgIpc) is 2.94. The zero-order chi connectivity index (χ0) is 14.0. The fourth-order valence-corrected chi connectivity index (χ4v) is 3.23. The smallest absolute Gasteiger partial charge is 0.317 e. The monoisotopic (exact) mass is 268 g/mol. The number of carboxylic acid groups (broad SMARTS) is 1. The molecule has 2 rings (SSSR count). The summed E-state index contributed by atoms with van der Waals surface area (Å²) in [6, 6.07) is -0.0350. The van der Waals surface area contributed by atoms with Gasteiger partial charge in [0.15, 0.2) is 0 Å². The molecule has 4 unspecified atom stereocenters. The molecule has 1 saturated heterocycles. The molecule has 1 aliphatic carbocycles. The lowest BCUT2D eigenvalue weighted by molar-refractivity contribution is -0.142. The molecule has 19 heavy (non-hydrogen) atoms. The lowest BCUT2D eigenvalue weighted by atomic mass is 9.96. The van der Waals surface area contributed by atoms with E-state index < -0.39 is 5.97 Å². The fraction of sp³-hybridized carbons (Fsp3) is 0.857. The Labute approximate surface area is 114 Å². The van der Waals surface area contributed by atoms with Crippen LogP contribution in [0.2, 0.25) is 0 Å². The molecule has 2 N–H and O–H groups in total. The first-order chi connectivity index (χ1) is 8.99. The first-order valence-corrected chi connectivity index (χ1v) is 7.24. The van der Waals surface area contributed by atoms with Gasteiger partial charge in [0.25, 0.3) is 0 Å². The standard InChI is InChI=1S/C14H24N2O3/c1-9-7-16(8-10(9)2)14(19)15-6-11-4-3-5-12(11)13(17)18/h9-12H,3-8H2,1-2H3,(H,15,19)(H,17,18).